The number of nitro groups is 1. The molecular weight excluding hydrogens is 222 g/mol. The molecule has 1 aromatic carbocycles. The Bertz CT molecular complexity index is 466. The number of hydrogen-bond acceptors (Lipinski definition) is 4. The Balaban J connectivity index is 3.02. The van der Waals surface area contributed by atoms with Crippen LogP contribution in [0.3, 0.4) is 0 Å². The van der Waals surface area contributed by atoms with Gasteiger partial charge in [-0.1, -0.05) is 12.1 Å². The first kappa shape index (κ1) is 12.9. The van der Waals surface area contributed by atoms with Crippen molar-refractivity contribution >= 4 is 17.7 Å². The molecule has 17 heavy (non-hydrogen) atoms. The van der Waals surface area contributed by atoms with E-state index in [1.165, 1.54) is 12.2 Å². The van der Waals surface area contributed by atoms with Crippen molar-refractivity contribution in [1.82, 2.24) is 0 Å². The third-order valence-corrected chi connectivity index (χ3v) is 2.14. The molecule has 1 aromatic rings. The van der Waals surface area contributed by atoms with Crippen molar-refractivity contribution in [3.8, 4) is 0 Å². The van der Waals surface area contributed by atoms with E-state index in [0.717, 1.165) is 0 Å². The van der Waals surface area contributed by atoms with E-state index < -0.39 is 10.9 Å². The second-order valence-corrected chi connectivity index (χ2v) is 3.36. The van der Waals surface area contributed by atoms with Crippen molar-refractivity contribution in [2.24, 2.45) is 0 Å². The van der Waals surface area contributed by atoms with E-state index in [2.05, 4.69) is 0 Å². The number of benzene rings is 1. The van der Waals surface area contributed by atoms with E-state index in [0.29, 0.717) is 11.1 Å². The van der Waals surface area contributed by atoms with Crippen LogP contribution in [-0.4, -0.2) is 17.5 Å². The Hall–Kier alpha value is -2.17. The lowest BCUT2D eigenvalue weighted by atomic mass is 10.1. The van der Waals surface area contributed by atoms with Crippen LogP contribution in [0.25, 0.3) is 6.08 Å². The lowest BCUT2D eigenvalue weighted by Crippen LogP contribution is -1.99. The zero-order chi connectivity index (χ0) is 12.8. The third kappa shape index (κ3) is 3.41. The average Bonchev–Trinajstić information content (AvgIpc) is 2.26. The number of aryl methyl sites for hydroxylation is 1. The van der Waals surface area contributed by atoms with Crippen molar-refractivity contribution < 1.29 is 14.5 Å². The minimum absolute atomic E-state index is 0.00745. The van der Waals surface area contributed by atoms with E-state index in [-0.39, 0.29) is 12.3 Å². The summed E-state index contributed by atoms with van der Waals surface area (Å²) in [6, 6.07) is 4.94. The normalized spacial score (nSPS) is 10.5. The Morgan fingerprint density at radius 1 is 1.53 bits per heavy atom. The molecule has 0 aliphatic heterocycles. The molecule has 0 spiro atoms. The molecule has 5 heteroatoms. The lowest BCUT2D eigenvalue weighted by molar-refractivity contribution is -0.385. The monoisotopic (exact) mass is 235 g/mol. The summed E-state index contributed by atoms with van der Waals surface area (Å²) in [6.07, 6.45) is 2.58. The molecule has 0 saturated carbocycles. The molecular formula is C12H13NO4. The molecule has 0 N–H and O–H groups in total. The first-order valence-corrected chi connectivity index (χ1v) is 5.15. The highest BCUT2D eigenvalue weighted by Gasteiger charge is 2.14. The van der Waals surface area contributed by atoms with Crippen LogP contribution >= 0.6 is 0 Å². The number of carbonyl (C=O) groups is 1. The van der Waals surface area contributed by atoms with Crippen LogP contribution in [0.5, 0.6) is 0 Å². The predicted molar refractivity (Wildman–Crippen MR) is 63.5 cm³/mol. The molecule has 0 fully saturated rings. The van der Waals surface area contributed by atoms with Crippen LogP contribution in [0.1, 0.15) is 18.1 Å². The van der Waals surface area contributed by atoms with Crippen molar-refractivity contribution in [1.29, 1.82) is 0 Å². The first-order valence-electron chi connectivity index (χ1n) is 5.15. The van der Waals surface area contributed by atoms with Crippen LogP contribution in [-0.2, 0) is 9.53 Å². The minimum Gasteiger partial charge on any atom is -0.463 e. The van der Waals surface area contributed by atoms with Gasteiger partial charge in [-0.3, -0.25) is 10.1 Å². The molecule has 0 heterocycles. The van der Waals surface area contributed by atoms with Gasteiger partial charge in [-0.25, -0.2) is 4.79 Å². The molecule has 0 amide bonds. The van der Waals surface area contributed by atoms with Gasteiger partial charge < -0.3 is 4.74 Å². The fourth-order valence-corrected chi connectivity index (χ4v) is 1.41. The summed E-state index contributed by atoms with van der Waals surface area (Å²) in [5.41, 5.74) is 0.956. The number of nitrogens with zero attached hydrogens (tertiary/aromatic N) is 1. The Kier molecular flexibility index (Phi) is 4.39. The van der Waals surface area contributed by atoms with E-state index in [1.807, 2.05) is 0 Å². The van der Waals surface area contributed by atoms with Gasteiger partial charge in [-0.2, -0.15) is 0 Å². The Labute approximate surface area is 98.9 Å². The van der Waals surface area contributed by atoms with Crippen molar-refractivity contribution in [2.45, 2.75) is 13.8 Å². The van der Waals surface area contributed by atoms with Gasteiger partial charge in [0.1, 0.15) is 0 Å². The number of ether oxygens (including phenoxy) is 1. The van der Waals surface area contributed by atoms with E-state index in [4.69, 9.17) is 4.74 Å². The zero-order valence-corrected chi connectivity index (χ0v) is 9.67. The van der Waals surface area contributed by atoms with Gasteiger partial charge in [0.15, 0.2) is 0 Å². The van der Waals surface area contributed by atoms with E-state index in [9.17, 15) is 14.9 Å². The van der Waals surface area contributed by atoms with Crippen LogP contribution in [0, 0.1) is 17.0 Å². The maximum atomic E-state index is 11.1. The van der Waals surface area contributed by atoms with Gasteiger partial charge in [0.05, 0.1) is 17.1 Å². The first-order chi connectivity index (χ1) is 8.06. The molecule has 0 aliphatic rings. The van der Waals surface area contributed by atoms with E-state index in [1.54, 1.807) is 32.0 Å². The molecule has 90 valence electrons. The molecule has 1 rings (SSSR count). The van der Waals surface area contributed by atoms with Crippen LogP contribution in [0.2, 0.25) is 0 Å². The number of rotatable bonds is 4. The van der Waals surface area contributed by atoms with Gasteiger partial charge in [0.25, 0.3) is 5.69 Å². The molecule has 0 radical (unpaired) electrons. The molecule has 0 aliphatic carbocycles. The van der Waals surface area contributed by atoms with Crippen LogP contribution < -0.4 is 0 Å². The largest absolute Gasteiger partial charge is 0.463 e. The smallest absolute Gasteiger partial charge is 0.330 e. The van der Waals surface area contributed by atoms with Crippen LogP contribution in [0.4, 0.5) is 5.69 Å². The number of nitro benzene ring substituents is 1. The standard InChI is InChI=1S/C12H13NO4/c1-3-17-11(14)8-7-10-6-4-5-9(2)12(10)13(15)16/h4-8H,3H2,1-2H3. The summed E-state index contributed by atoms with van der Waals surface area (Å²) in [7, 11) is 0. The van der Waals surface area contributed by atoms with Gasteiger partial charge >= 0.3 is 5.97 Å². The number of carbonyl (C=O) groups excluding carboxylic acids is 1. The quantitative estimate of drug-likeness (QED) is 0.348. The number of esters is 1. The van der Waals surface area contributed by atoms with Gasteiger partial charge in [0, 0.05) is 11.6 Å². The van der Waals surface area contributed by atoms with Gasteiger partial charge in [-0.05, 0) is 26.0 Å². The SMILES string of the molecule is CCOC(=O)C=Cc1cccc(C)c1[N+](=O)[O-]. The fraction of sp³-hybridized carbons (Fsp3) is 0.250. The summed E-state index contributed by atoms with van der Waals surface area (Å²) in [5.74, 6) is -0.511. The second kappa shape index (κ2) is 5.79. The van der Waals surface area contributed by atoms with Crippen LogP contribution in [0.15, 0.2) is 24.3 Å². The zero-order valence-electron chi connectivity index (χ0n) is 9.67. The van der Waals surface area contributed by atoms with Gasteiger partial charge in [-0.15, -0.1) is 0 Å². The summed E-state index contributed by atoms with van der Waals surface area (Å²) < 4.78 is 4.70. The highest BCUT2D eigenvalue weighted by molar-refractivity contribution is 5.88. The minimum atomic E-state index is -0.511. The maximum absolute atomic E-state index is 11.1. The molecule has 0 bridgehead atoms. The molecule has 5 nitrogen and oxygen atoms in total. The number of hydrogen-bond donors (Lipinski definition) is 0. The molecule has 0 unspecified atom stereocenters. The summed E-state index contributed by atoms with van der Waals surface area (Å²) in [4.78, 5) is 21.5. The summed E-state index contributed by atoms with van der Waals surface area (Å²) in [5, 5.41) is 10.9. The number of para-hydroxylation sites is 1. The molecule has 0 aromatic heterocycles. The highest BCUT2D eigenvalue weighted by atomic mass is 16.6. The fourth-order valence-electron chi connectivity index (χ4n) is 1.41. The Morgan fingerprint density at radius 2 is 2.24 bits per heavy atom. The third-order valence-electron chi connectivity index (χ3n) is 2.14. The van der Waals surface area contributed by atoms with Crippen molar-refractivity contribution in [3.63, 3.8) is 0 Å². The maximum Gasteiger partial charge on any atom is 0.330 e. The average molecular weight is 235 g/mol. The lowest BCUT2D eigenvalue weighted by Gasteiger charge is -2.00. The summed E-state index contributed by atoms with van der Waals surface area (Å²) >= 11 is 0. The molecule has 0 atom stereocenters. The Morgan fingerprint density at radius 3 is 2.82 bits per heavy atom. The topological polar surface area (TPSA) is 69.4 Å². The van der Waals surface area contributed by atoms with E-state index >= 15 is 0 Å². The predicted octanol–water partition coefficient (Wildman–Crippen LogP) is 2.48. The van der Waals surface area contributed by atoms with Crippen molar-refractivity contribution in [2.75, 3.05) is 6.61 Å². The van der Waals surface area contributed by atoms with Crippen molar-refractivity contribution in [3.05, 3.63) is 45.5 Å². The second-order valence-electron chi connectivity index (χ2n) is 3.36. The van der Waals surface area contributed by atoms with Gasteiger partial charge in [0.2, 0.25) is 0 Å². The summed E-state index contributed by atoms with van der Waals surface area (Å²) in [6.45, 7) is 3.62. The highest BCUT2D eigenvalue weighted by Crippen LogP contribution is 2.24. The molecule has 0 saturated heterocycles.